The number of thiophene rings is 1. The molecule has 108 valence electrons. The first kappa shape index (κ1) is 15.3. The first-order valence-electron chi connectivity index (χ1n) is 6.02. The number of rotatable bonds is 4. The predicted molar refractivity (Wildman–Crippen MR) is 85.2 cm³/mol. The molecule has 1 aromatic heterocycles. The van der Waals surface area contributed by atoms with E-state index in [1.165, 1.54) is 35.4 Å². The Hall–Kier alpha value is -2.11. The summed E-state index contributed by atoms with van der Waals surface area (Å²) in [7, 11) is 1.54. The third-order valence-electron chi connectivity index (χ3n) is 2.81. The quantitative estimate of drug-likeness (QED) is 0.872. The molecule has 0 aliphatic heterocycles. The van der Waals surface area contributed by atoms with Crippen molar-refractivity contribution in [3.05, 3.63) is 57.3 Å². The molecule has 1 aromatic carbocycles. The number of para-hydroxylation sites is 1. The minimum Gasteiger partial charge on any atom is -0.478 e. The molecule has 0 bridgehead atoms. The Bertz CT molecular complexity index is 708. The van der Waals surface area contributed by atoms with Gasteiger partial charge in [-0.3, -0.25) is 4.79 Å². The van der Waals surface area contributed by atoms with Gasteiger partial charge in [-0.15, -0.1) is 11.3 Å². The third kappa shape index (κ3) is 3.71. The lowest BCUT2D eigenvalue weighted by Gasteiger charge is -2.17. The van der Waals surface area contributed by atoms with Crippen LogP contribution in [0.3, 0.4) is 0 Å². The maximum atomic E-state index is 12.1. The molecule has 0 saturated carbocycles. The van der Waals surface area contributed by atoms with Gasteiger partial charge in [-0.05, 0) is 30.3 Å². The molecule has 2 rings (SSSR count). The number of likely N-dealkylation sites (N-methyl/N-ethyl adjacent to an activating group) is 1. The molecule has 1 amide bonds. The molecule has 0 fully saturated rings. The molecule has 0 atom stereocenters. The van der Waals surface area contributed by atoms with Crippen LogP contribution in [-0.4, -0.2) is 24.0 Å². The molecule has 1 N–H and O–H groups in total. The van der Waals surface area contributed by atoms with E-state index < -0.39 is 5.97 Å². The summed E-state index contributed by atoms with van der Waals surface area (Å²) >= 11 is 7.17. The van der Waals surface area contributed by atoms with Gasteiger partial charge in [-0.25, -0.2) is 4.79 Å². The van der Waals surface area contributed by atoms with E-state index in [0.717, 1.165) is 4.88 Å². The number of carbonyl (C=O) groups is 2. The minimum absolute atomic E-state index is 0.0842. The van der Waals surface area contributed by atoms with Crippen LogP contribution < -0.4 is 4.90 Å². The van der Waals surface area contributed by atoms with Gasteiger partial charge in [0.15, 0.2) is 0 Å². The number of carbonyl (C=O) groups excluding carboxylic acids is 1. The summed E-state index contributed by atoms with van der Waals surface area (Å²) < 4.78 is 0.645. The summed E-state index contributed by atoms with van der Waals surface area (Å²) in [5, 5.41) is 9.14. The third-order valence-corrected chi connectivity index (χ3v) is 4.01. The van der Waals surface area contributed by atoms with Crippen LogP contribution in [0, 0.1) is 0 Å². The zero-order chi connectivity index (χ0) is 15.4. The molecule has 2 aromatic rings. The standard InChI is InChI=1S/C15H12ClNO3S/c1-17(12-5-3-2-4-11(12)15(19)20)14(18)9-7-10-6-8-13(16)21-10/h2-9H,1H3,(H,19,20)/b9-7+. The zero-order valence-corrected chi connectivity index (χ0v) is 12.7. The van der Waals surface area contributed by atoms with Gasteiger partial charge in [-0.1, -0.05) is 23.7 Å². The van der Waals surface area contributed by atoms with Gasteiger partial charge in [0.25, 0.3) is 5.91 Å². The number of carboxylic acids is 1. The number of halogens is 1. The van der Waals surface area contributed by atoms with E-state index in [1.807, 2.05) is 6.07 Å². The minimum atomic E-state index is -1.07. The molecule has 6 heteroatoms. The largest absolute Gasteiger partial charge is 0.478 e. The number of aromatic carboxylic acids is 1. The van der Waals surface area contributed by atoms with E-state index in [2.05, 4.69) is 0 Å². The molecular formula is C15H12ClNO3S. The monoisotopic (exact) mass is 321 g/mol. The van der Waals surface area contributed by atoms with E-state index in [9.17, 15) is 9.59 Å². The van der Waals surface area contributed by atoms with Gasteiger partial charge in [0.05, 0.1) is 15.6 Å². The molecule has 0 unspecified atom stereocenters. The summed E-state index contributed by atoms with van der Waals surface area (Å²) in [6.45, 7) is 0. The SMILES string of the molecule is CN(C(=O)/C=C/c1ccc(Cl)s1)c1ccccc1C(=O)O. The van der Waals surface area contributed by atoms with Crippen molar-refractivity contribution in [3.63, 3.8) is 0 Å². The summed E-state index contributed by atoms with van der Waals surface area (Å²) in [6, 6.07) is 9.92. The van der Waals surface area contributed by atoms with E-state index in [0.29, 0.717) is 10.0 Å². The number of benzene rings is 1. The Balaban J connectivity index is 2.20. The molecule has 21 heavy (non-hydrogen) atoms. The van der Waals surface area contributed by atoms with Crippen molar-refractivity contribution in [2.75, 3.05) is 11.9 Å². The molecule has 0 aliphatic carbocycles. The molecule has 4 nitrogen and oxygen atoms in total. The van der Waals surface area contributed by atoms with Crippen LogP contribution in [0.15, 0.2) is 42.5 Å². The molecule has 0 radical (unpaired) electrons. The highest BCUT2D eigenvalue weighted by Gasteiger charge is 2.15. The van der Waals surface area contributed by atoms with Gasteiger partial charge >= 0.3 is 5.97 Å². The van der Waals surface area contributed by atoms with Crippen LogP contribution in [0.5, 0.6) is 0 Å². The predicted octanol–water partition coefficient (Wildman–Crippen LogP) is 3.78. The summed E-state index contributed by atoms with van der Waals surface area (Å²) in [5.41, 5.74) is 0.435. The summed E-state index contributed by atoms with van der Waals surface area (Å²) in [5.74, 6) is -1.38. The van der Waals surface area contributed by atoms with Crippen molar-refractivity contribution >= 4 is 46.6 Å². The van der Waals surface area contributed by atoms with Gasteiger partial charge in [0.1, 0.15) is 0 Å². The van der Waals surface area contributed by atoms with Crippen molar-refractivity contribution < 1.29 is 14.7 Å². The average molecular weight is 322 g/mol. The second-order valence-corrected chi connectivity index (χ2v) is 5.94. The van der Waals surface area contributed by atoms with E-state index in [1.54, 1.807) is 30.3 Å². The van der Waals surface area contributed by atoms with E-state index >= 15 is 0 Å². The lowest BCUT2D eigenvalue weighted by molar-refractivity contribution is -0.113. The molecule has 1 heterocycles. The maximum Gasteiger partial charge on any atom is 0.337 e. The van der Waals surface area contributed by atoms with Gasteiger partial charge < -0.3 is 10.0 Å². The number of amides is 1. The van der Waals surface area contributed by atoms with Crippen LogP contribution in [0.4, 0.5) is 5.69 Å². The number of nitrogens with zero attached hydrogens (tertiary/aromatic N) is 1. The van der Waals surface area contributed by atoms with E-state index in [-0.39, 0.29) is 11.5 Å². The Morgan fingerprint density at radius 1 is 1.24 bits per heavy atom. The summed E-state index contributed by atoms with van der Waals surface area (Å²) in [4.78, 5) is 25.4. The van der Waals surface area contributed by atoms with Crippen LogP contribution in [0.2, 0.25) is 4.34 Å². The molecule has 0 aliphatic rings. The van der Waals surface area contributed by atoms with Gasteiger partial charge in [0, 0.05) is 18.0 Å². The number of hydrogen-bond donors (Lipinski definition) is 1. The lowest BCUT2D eigenvalue weighted by atomic mass is 10.1. The fourth-order valence-corrected chi connectivity index (χ4v) is 2.71. The smallest absolute Gasteiger partial charge is 0.337 e. The highest BCUT2D eigenvalue weighted by atomic mass is 35.5. The molecular weight excluding hydrogens is 310 g/mol. The van der Waals surface area contributed by atoms with Crippen LogP contribution in [0.1, 0.15) is 15.2 Å². The van der Waals surface area contributed by atoms with Crippen molar-refractivity contribution in [1.82, 2.24) is 0 Å². The Labute approximate surface area is 130 Å². The fourth-order valence-electron chi connectivity index (χ4n) is 1.75. The average Bonchev–Trinajstić information content (AvgIpc) is 2.89. The fraction of sp³-hybridized carbons (Fsp3) is 0.0667. The lowest BCUT2D eigenvalue weighted by Crippen LogP contribution is -2.25. The Morgan fingerprint density at radius 2 is 1.95 bits per heavy atom. The topological polar surface area (TPSA) is 57.6 Å². The van der Waals surface area contributed by atoms with Crippen molar-refractivity contribution in [2.24, 2.45) is 0 Å². The Morgan fingerprint density at radius 3 is 2.57 bits per heavy atom. The van der Waals surface area contributed by atoms with E-state index in [4.69, 9.17) is 16.7 Å². The zero-order valence-electron chi connectivity index (χ0n) is 11.1. The first-order valence-corrected chi connectivity index (χ1v) is 7.22. The normalized spacial score (nSPS) is 10.8. The van der Waals surface area contributed by atoms with Crippen molar-refractivity contribution in [1.29, 1.82) is 0 Å². The summed E-state index contributed by atoms with van der Waals surface area (Å²) in [6.07, 6.45) is 3.04. The van der Waals surface area contributed by atoms with Crippen molar-refractivity contribution in [2.45, 2.75) is 0 Å². The molecule has 0 spiro atoms. The maximum absolute atomic E-state index is 12.1. The highest BCUT2D eigenvalue weighted by Crippen LogP contribution is 2.23. The van der Waals surface area contributed by atoms with Gasteiger partial charge in [0.2, 0.25) is 0 Å². The van der Waals surface area contributed by atoms with Crippen LogP contribution in [-0.2, 0) is 4.79 Å². The second kappa shape index (κ2) is 6.56. The number of carboxylic acid groups (broad SMARTS) is 1. The van der Waals surface area contributed by atoms with Crippen molar-refractivity contribution in [3.8, 4) is 0 Å². The van der Waals surface area contributed by atoms with Crippen LogP contribution >= 0.6 is 22.9 Å². The Kier molecular flexibility index (Phi) is 4.77. The van der Waals surface area contributed by atoms with Gasteiger partial charge in [-0.2, -0.15) is 0 Å². The number of anilines is 1. The molecule has 0 saturated heterocycles. The second-order valence-electron chi connectivity index (χ2n) is 4.19. The van der Waals surface area contributed by atoms with Crippen LogP contribution in [0.25, 0.3) is 6.08 Å². The first-order chi connectivity index (χ1) is 9.99. The highest BCUT2D eigenvalue weighted by molar-refractivity contribution is 7.17. The number of hydrogen-bond acceptors (Lipinski definition) is 3.